The Bertz CT molecular complexity index is 1170. The number of rotatable bonds is 4. The first-order chi connectivity index (χ1) is 13.5. The normalized spacial score (nSPS) is 11.0. The van der Waals surface area contributed by atoms with Crippen molar-refractivity contribution in [2.45, 2.75) is 20.8 Å². The summed E-state index contributed by atoms with van der Waals surface area (Å²) >= 11 is 1.61. The molecule has 0 unspecified atom stereocenters. The highest BCUT2D eigenvalue weighted by Gasteiger charge is 2.19. The van der Waals surface area contributed by atoms with E-state index in [0.29, 0.717) is 5.82 Å². The van der Waals surface area contributed by atoms with Crippen molar-refractivity contribution in [1.82, 2.24) is 9.97 Å². The molecule has 0 amide bonds. The third-order valence-electron chi connectivity index (χ3n) is 4.58. The van der Waals surface area contributed by atoms with E-state index in [4.69, 9.17) is 4.74 Å². The van der Waals surface area contributed by atoms with E-state index in [9.17, 15) is 4.39 Å². The van der Waals surface area contributed by atoms with Crippen LogP contribution in [0.4, 0.5) is 15.9 Å². The van der Waals surface area contributed by atoms with E-state index in [1.54, 1.807) is 30.6 Å². The van der Waals surface area contributed by atoms with E-state index in [2.05, 4.69) is 22.2 Å². The molecule has 0 atom stereocenters. The van der Waals surface area contributed by atoms with Crippen LogP contribution in [0.1, 0.15) is 16.3 Å². The largest absolute Gasteiger partial charge is 0.495 e. The zero-order valence-corrected chi connectivity index (χ0v) is 16.9. The van der Waals surface area contributed by atoms with Crippen LogP contribution < -0.4 is 10.1 Å². The van der Waals surface area contributed by atoms with E-state index >= 15 is 0 Å². The predicted molar refractivity (Wildman–Crippen MR) is 113 cm³/mol. The van der Waals surface area contributed by atoms with Crippen LogP contribution in [0.2, 0.25) is 0 Å². The fourth-order valence-corrected chi connectivity index (χ4v) is 4.41. The highest BCUT2D eigenvalue weighted by molar-refractivity contribution is 7.19. The average Bonchev–Trinajstić information content (AvgIpc) is 2.98. The Morgan fingerprint density at radius 3 is 2.46 bits per heavy atom. The maximum Gasteiger partial charge on any atom is 0.143 e. The lowest BCUT2D eigenvalue weighted by Crippen LogP contribution is -2.00. The van der Waals surface area contributed by atoms with E-state index in [-0.39, 0.29) is 5.82 Å². The van der Waals surface area contributed by atoms with Gasteiger partial charge in [0, 0.05) is 10.4 Å². The summed E-state index contributed by atoms with van der Waals surface area (Å²) in [6.07, 6.45) is 0. The van der Waals surface area contributed by atoms with Crippen LogP contribution in [0.5, 0.6) is 5.75 Å². The molecule has 2 aromatic heterocycles. The smallest absolute Gasteiger partial charge is 0.143 e. The zero-order chi connectivity index (χ0) is 19.8. The van der Waals surface area contributed by atoms with E-state index < -0.39 is 0 Å². The minimum atomic E-state index is -0.254. The summed E-state index contributed by atoms with van der Waals surface area (Å²) in [7, 11) is 1.65. The summed E-state index contributed by atoms with van der Waals surface area (Å²) < 4.78 is 18.9. The molecular weight excluding hydrogens is 373 g/mol. The van der Waals surface area contributed by atoms with Crippen LogP contribution in [-0.4, -0.2) is 17.1 Å². The molecule has 4 rings (SSSR count). The number of aromatic nitrogens is 2. The van der Waals surface area contributed by atoms with Gasteiger partial charge < -0.3 is 10.1 Å². The van der Waals surface area contributed by atoms with E-state index in [0.717, 1.165) is 49.0 Å². The van der Waals surface area contributed by atoms with Crippen molar-refractivity contribution in [3.63, 3.8) is 0 Å². The molecular formula is C22H20FN3OS. The van der Waals surface area contributed by atoms with Gasteiger partial charge >= 0.3 is 0 Å². The number of hydrogen-bond donors (Lipinski definition) is 1. The number of methoxy groups -OCH3 is 1. The molecule has 0 fully saturated rings. The molecule has 0 bridgehead atoms. The number of nitrogens with zero attached hydrogens (tertiary/aromatic N) is 2. The second-order valence-corrected chi connectivity index (χ2v) is 7.87. The highest BCUT2D eigenvalue weighted by Crippen LogP contribution is 2.42. The topological polar surface area (TPSA) is 47.0 Å². The number of benzene rings is 2. The van der Waals surface area contributed by atoms with Crippen molar-refractivity contribution in [3.8, 4) is 16.9 Å². The molecule has 0 saturated heterocycles. The molecule has 2 aromatic carbocycles. The number of thiophene rings is 1. The Morgan fingerprint density at radius 1 is 1.00 bits per heavy atom. The Hall–Kier alpha value is -2.99. The maximum atomic E-state index is 13.4. The Labute approximate surface area is 167 Å². The fourth-order valence-electron chi connectivity index (χ4n) is 3.32. The Morgan fingerprint density at radius 2 is 1.75 bits per heavy atom. The second-order valence-electron chi connectivity index (χ2n) is 6.67. The van der Waals surface area contributed by atoms with Gasteiger partial charge in [-0.1, -0.05) is 18.2 Å². The first-order valence-corrected chi connectivity index (χ1v) is 9.73. The molecule has 4 nitrogen and oxygen atoms in total. The molecule has 142 valence electrons. The van der Waals surface area contributed by atoms with Gasteiger partial charge in [0.25, 0.3) is 0 Å². The number of halogens is 1. The molecule has 0 aliphatic carbocycles. The van der Waals surface area contributed by atoms with Gasteiger partial charge in [-0.15, -0.1) is 11.3 Å². The number of nitrogens with one attached hydrogen (secondary N) is 1. The lowest BCUT2D eigenvalue weighted by molar-refractivity contribution is 0.416. The van der Waals surface area contributed by atoms with Crippen molar-refractivity contribution >= 4 is 33.1 Å². The minimum Gasteiger partial charge on any atom is -0.495 e. The van der Waals surface area contributed by atoms with Crippen molar-refractivity contribution in [1.29, 1.82) is 0 Å². The molecule has 0 saturated carbocycles. The molecule has 28 heavy (non-hydrogen) atoms. The molecule has 0 radical (unpaired) electrons. The summed E-state index contributed by atoms with van der Waals surface area (Å²) in [5.74, 6) is 1.89. The van der Waals surface area contributed by atoms with Gasteiger partial charge in [-0.2, -0.15) is 0 Å². The van der Waals surface area contributed by atoms with Crippen LogP contribution in [0.15, 0.2) is 42.5 Å². The molecule has 4 aromatic rings. The maximum absolute atomic E-state index is 13.4. The summed E-state index contributed by atoms with van der Waals surface area (Å²) in [4.78, 5) is 11.3. The SMILES string of the molecule is COc1ccc(C)cc1Nc1nc(C)nc2sc(C)c(-c3ccc(F)cc3)c12. The van der Waals surface area contributed by atoms with Gasteiger partial charge in [-0.25, -0.2) is 14.4 Å². The van der Waals surface area contributed by atoms with Crippen LogP contribution >= 0.6 is 11.3 Å². The van der Waals surface area contributed by atoms with E-state index in [1.807, 2.05) is 32.0 Å². The van der Waals surface area contributed by atoms with Crippen LogP contribution in [0, 0.1) is 26.6 Å². The van der Waals surface area contributed by atoms with Crippen molar-refractivity contribution in [2.24, 2.45) is 0 Å². The van der Waals surface area contributed by atoms with Crippen LogP contribution in [0.3, 0.4) is 0 Å². The van der Waals surface area contributed by atoms with Gasteiger partial charge in [-0.3, -0.25) is 0 Å². The third kappa shape index (κ3) is 3.31. The first-order valence-electron chi connectivity index (χ1n) is 8.91. The minimum absolute atomic E-state index is 0.254. The average molecular weight is 393 g/mol. The van der Waals surface area contributed by atoms with Gasteiger partial charge in [0.05, 0.1) is 18.2 Å². The van der Waals surface area contributed by atoms with Gasteiger partial charge in [0.1, 0.15) is 28.0 Å². The quantitative estimate of drug-likeness (QED) is 0.450. The third-order valence-corrected chi connectivity index (χ3v) is 5.58. The molecule has 1 N–H and O–H groups in total. The molecule has 0 aliphatic rings. The standard InChI is InChI=1S/C22H20FN3OS/c1-12-5-10-18(27-4)17(11-12)26-21-20-19(15-6-8-16(23)9-7-15)13(2)28-22(20)25-14(3)24-21/h5-11H,1-4H3,(H,24,25,26). The first kappa shape index (κ1) is 18.4. The zero-order valence-electron chi connectivity index (χ0n) is 16.1. The van der Waals surface area contributed by atoms with Crippen LogP contribution in [0.25, 0.3) is 21.3 Å². The Kier molecular flexibility index (Phi) is 4.73. The summed E-state index contributed by atoms with van der Waals surface area (Å²) in [5.41, 5.74) is 3.92. The summed E-state index contributed by atoms with van der Waals surface area (Å²) in [6.45, 7) is 5.96. The van der Waals surface area contributed by atoms with Crippen molar-refractivity contribution in [2.75, 3.05) is 12.4 Å². The fraction of sp³-hybridized carbons (Fsp3) is 0.182. The van der Waals surface area contributed by atoms with E-state index in [1.165, 1.54) is 12.1 Å². The van der Waals surface area contributed by atoms with Gasteiger partial charge in [0.2, 0.25) is 0 Å². The summed E-state index contributed by atoms with van der Waals surface area (Å²) in [5, 5.41) is 4.37. The lowest BCUT2D eigenvalue weighted by Gasteiger charge is -2.13. The van der Waals surface area contributed by atoms with Gasteiger partial charge in [-0.05, 0) is 56.2 Å². The lowest BCUT2D eigenvalue weighted by atomic mass is 10.0. The van der Waals surface area contributed by atoms with Gasteiger partial charge in [0.15, 0.2) is 0 Å². The summed E-state index contributed by atoms with van der Waals surface area (Å²) in [6, 6.07) is 12.5. The molecule has 6 heteroatoms. The van der Waals surface area contributed by atoms with Crippen molar-refractivity contribution < 1.29 is 9.13 Å². The van der Waals surface area contributed by atoms with Crippen LogP contribution in [-0.2, 0) is 0 Å². The molecule has 0 aliphatic heterocycles. The number of hydrogen-bond acceptors (Lipinski definition) is 5. The predicted octanol–water partition coefficient (Wildman–Crippen LogP) is 6.17. The highest BCUT2D eigenvalue weighted by atomic mass is 32.1. The Balaban J connectivity index is 1.94. The number of anilines is 2. The number of ether oxygens (including phenoxy) is 1. The second kappa shape index (κ2) is 7.20. The molecule has 0 spiro atoms. The monoisotopic (exact) mass is 393 g/mol. The molecule has 2 heterocycles. The number of fused-ring (bicyclic) bond motifs is 1. The van der Waals surface area contributed by atoms with Crippen molar-refractivity contribution in [3.05, 3.63) is 64.5 Å². The number of aryl methyl sites for hydroxylation is 3.